The molecule has 122 valence electrons. The number of hydrogen-bond acceptors (Lipinski definition) is 4. The molecule has 0 spiro atoms. The van der Waals surface area contributed by atoms with E-state index < -0.39 is 5.54 Å². The summed E-state index contributed by atoms with van der Waals surface area (Å²) >= 11 is 0. The van der Waals surface area contributed by atoms with Crippen LogP contribution in [0.1, 0.15) is 52.5 Å². The fourth-order valence-corrected chi connectivity index (χ4v) is 3.87. The van der Waals surface area contributed by atoms with Crippen molar-refractivity contribution in [1.82, 2.24) is 5.43 Å². The Morgan fingerprint density at radius 3 is 2.64 bits per heavy atom. The summed E-state index contributed by atoms with van der Waals surface area (Å²) in [4.78, 5) is 14.5. The second-order valence-electron chi connectivity index (χ2n) is 7.21. The van der Waals surface area contributed by atoms with Gasteiger partial charge in [0.25, 0.3) is 5.91 Å². The average molecular weight is 305 g/mol. The van der Waals surface area contributed by atoms with Crippen molar-refractivity contribution in [3.63, 3.8) is 0 Å². The van der Waals surface area contributed by atoms with E-state index in [1.165, 1.54) is 5.56 Å². The molecule has 1 amide bonds. The van der Waals surface area contributed by atoms with E-state index in [9.17, 15) is 4.79 Å². The Bertz CT molecular complexity index is 581. The van der Waals surface area contributed by atoms with Crippen LogP contribution in [-0.4, -0.2) is 24.1 Å². The molecule has 2 rings (SSSR count). The van der Waals surface area contributed by atoms with Crippen LogP contribution in [-0.2, 0) is 4.79 Å². The van der Waals surface area contributed by atoms with Gasteiger partial charge in [-0.2, -0.15) is 0 Å². The van der Waals surface area contributed by atoms with Crippen LogP contribution in [0.4, 0.5) is 5.69 Å². The number of carbonyl (C=O) groups is 1. The third-order valence-corrected chi connectivity index (χ3v) is 4.67. The summed E-state index contributed by atoms with van der Waals surface area (Å²) in [6.07, 6.45) is 0.966. The fraction of sp³-hybridized carbons (Fsp3) is 0.588. The van der Waals surface area contributed by atoms with Crippen molar-refractivity contribution in [3.05, 3.63) is 23.8 Å². The zero-order valence-electron chi connectivity index (χ0n) is 14.4. The predicted octanol–water partition coefficient (Wildman–Crippen LogP) is 2.56. The molecule has 1 unspecified atom stereocenters. The second-order valence-corrected chi connectivity index (χ2v) is 7.21. The van der Waals surface area contributed by atoms with Gasteiger partial charge in [-0.3, -0.25) is 10.2 Å². The molecule has 0 fully saturated rings. The quantitative estimate of drug-likeness (QED) is 0.511. The number of fused-ring (bicyclic) bond motifs is 1. The second kappa shape index (κ2) is 5.47. The lowest BCUT2D eigenvalue weighted by atomic mass is 9.77. The van der Waals surface area contributed by atoms with Gasteiger partial charge in [-0.05, 0) is 51.7 Å². The lowest BCUT2D eigenvalue weighted by Gasteiger charge is -2.54. The Kier molecular flexibility index (Phi) is 4.13. The smallest absolute Gasteiger partial charge is 0.259 e. The van der Waals surface area contributed by atoms with Crippen LogP contribution < -0.4 is 20.9 Å². The first-order chi connectivity index (χ1) is 10.1. The predicted molar refractivity (Wildman–Crippen MR) is 89.0 cm³/mol. The first-order valence-electron chi connectivity index (χ1n) is 7.64. The number of hydrazine groups is 1. The van der Waals surface area contributed by atoms with Gasteiger partial charge >= 0.3 is 0 Å². The van der Waals surface area contributed by atoms with Crippen molar-refractivity contribution in [2.45, 2.75) is 58.0 Å². The molecule has 1 atom stereocenters. The van der Waals surface area contributed by atoms with Crippen LogP contribution >= 0.6 is 0 Å². The van der Waals surface area contributed by atoms with Crippen LogP contribution in [0, 0.1) is 0 Å². The number of amides is 1. The van der Waals surface area contributed by atoms with Gasteiger partial charge in [0.15, 0.2) is 0 Å². The highest BCUT2D eigenvalue weighted by molar-refractivity contribution is 5.90. The number of nitrogens with one attached hydrogen (secondary N) is 1. The minimum absolute atomic E-state index is 0.172. The van der Waals surface area contributed by atoms with Crippen molar-refractivity contribution in [1.29, 1.82) is 0 Å². The Balaban J connectivity index is 2.66. The number of ether oxygens (including phenoxy) is 1. The van der Waals surface area contributed by atoms with Gasteiger partial charge in [-0.15, -0.1) is 0 Å². The third kappa shape index (κ3) is 2.54. The third-order valence-electron chi connectivity index (χ3n) is 4.67. The van der Waals surface area contributed by atoms with Gasteiger partial charge in [0.2, 0.25) is 0 Å². The molecular formula is C17H27N3O2. The molecule has 0 saturated heterocycles. The van der Waals surface area contributed by atoms with E-state index in [2.05, 4.69) is 37.2 Å². The SMILES string of the molecule is COc1ccc2c(c1)N(C(C)(C)C(=O)NN)C(C)(C)CC2C. The van der Waals surface area contributed by atoms with Crippen molar-refractivity contribution in [2.24, 2.45) is 5.84 Å². The summed E-state index contributed by atoms with van der Waals surface area (Å²) < 4.78 is 5.38. The first kappa shape index (κ1) is 16.6. The van der Waals surface area contributed by atoms with Crippen molar-refractivity contribution >= 4 is 11.6 Å². The molecule has 5 nitrogen and oxygen atoms in total. The molecule has 0 aromatic heterocycles. The van der Waals surface area contributed by atoms with E-state index in [-0.39, 0.29) is 11.4 Å². The first-order valence-corrected chi connectivity index (χ1v) is 7.64. The zero-order valence-corrected chi connectivity index (χ0v) is 14.4. The maximum Gasteiger partial charge on any atom is 0.259 e. The molecule has 1 aliphatic heterocycles. The molecule has 0 radical (unpaired) electrons. The molecule has 1 aliphatic rings. The Morgan fingerprint density at radius 2 is 2.09 bits per heavy atom. The van der Waals surface area contributed by atoms with Crippen LogP contribution in [0.2, 0.25) is 0 Å². The molecule has 0 aliphatic carbocycles. The number of benzene rings is 1. The number of carbonyl (C=O) groups excluding carboxylic acids is 1. The molecule has 1 aromatic rings. The number of rotatable bonds is 3. The summed E-state index contributed by atoms with van der Waals surface area (Å²) in [6.45, 7) is 10.3. The Labute approximate surface area is 132 Å². The summed E-state index contributed by atoms with van der Waals surface area (Å²) in [7, 11) is 1.65. The van der Waals surface area contributed by atoms with Crippen LogP contribution in [0.25, 0.3) is 0 Å². The van der Waals surface area contributed by atoms with Crippen LogP contribution in [0.5, 0.6) is 5.75 Å². The van der Waals surface area contributed by atoms with Gasteiger partial charge in [0, 0.05) is 17.3 Å². The topological polar surface area (TPSA) is 67.6 Å². The highest BCUT2D eigenvalue weighted by Crippen LogP contribution is 2.47. The molecule has 5 heteroatoms. The maximum atomic E-state index is 12.4. The summed E-state index contributed by atoms with van der Waals surface area (Å²) in [5.74, 6) is 6.41. The standard InChI is InChI=1S/C17H27N3O2/c1-11-10-16(2,3)20(17(4,5)15(21)19-18)14-9-12(22-6)7-8-13(11)14/h7-9,11H,10,18H2,1-6H3,(H,19,21). The number of nitrogens with zero attached hydrogens (tertiary/aromatic N) is 1. The number of anilines is 1. The van der Waals surface area contributed by atoms with E-state index in [1.807, 2.05) is 26.0 Å². The normalized spacial score (nSPS) is 20.3. The molecule has 3 N–H and O–H groups in total. The van der Waals surface area contributed by atoms with Crippen LogP contribution in [0.3, 0.4) is 0 Å². The minimum atomic E-state index is -0.764. The molecule has 1 heterocycles. The molecule has 0 saturated carbocycles. The zero-order chi connectivity index (χ0) is 16.7. The highest BCUT2D eigenvalue weighted by Gasteiger charge is 2.47. The number of methoxy groups -OCH3 is 1. The Morgan fingerprint density at radius 1 is 1.45 bits per heavy atom. The summed E-state index contributed by atoms with van der Waals surface area (Å²) in [6, 6.07) is 6.08. The molecule has 22 heavy (non-hydrogen) atoms. The monoisotopic (exact) mass is 305 g/mol. The van der Waals surface area contributed by atoms with Crippen molar-refractivity contribution in [2.75, 3.05) is 12.0 Å². The Hall–Kier alpha value is -1.75. The lowest BCUT2D eigenvalue weighted by molar-refractivity contribution is -0.126. The fourth-order valence-electron chi connectivity index (χ4n) is 3.87. The maximum absolute atomic E-state index is 12.4. The van der Waals surface area contributed by atoms with Crippen molar-refractivity contribution < 1.29 is 9.53 Å². The van der Waals surface area contributed by atoms with E-state index in [0.29, 0.717) is 5.92 Å². The molecular weight excluding hydrogens is 278 g/mol. The van der Waals surface area contributed by atoms with E-state index >= 15 is 0 Å². The van der Waals surface area contributed by atoms with Crippen molar-refractivity contribution in [3.8, 4) is 5.75 Å². The van der Waals surface area contributed by atoms with E-state index in [0.717, 1.165) is 17.9 Å². The summed E-state index contributed by atoms with van der Waals surface area (Å²) in [5, 5.41) is 0. The van der Waals surface area contributed by atoms with Gasteiger partial charge in [0.05, 0.1) is 7.11 Å². The van der Waals surface area contributed by atoms with Crippen LogP contribution in [0.15, 0.2) is 18.2 Å². The largest absolute Gasteiger partial charge is 0.497 e. The van der Waals surface area contributed by atoms with Gasteiger partial charge in [-0.25, -0.2) is 5.84 Å². The van der Waals surface area contributed by atoms with E-state index in [1.54, 1.807) is 7.11 Å². The van der Waals surface area contributed by atoms with E-state index in [4.69, 9.17) is 10.6 Å². The number of hydrogen-bond donors (Lipinski definition) is 2. The minimum Gasteiger partial charge on any atom is -0.497 e. The average Bonchev–Trinajstić information content (AvgIpc) is 2.44. The molecule has 1 aromatic carbocycles. The summed E-state index contributed by atoms with van der Waals surface area (Å²) in [5.41, 5.74) is 3.64. The molecule has 0 bridgehead atoms. The van der Waals surface area contributed by atoms with Gasteiger partial charge in [-0.1, -0.05) is 13.0 Å². The highest BCUT2D eigenvalue weighted by atomic mass is 16.5. The van der Waals surface area contributed by atoms with Gasteiger partial charge < -0.3 is 9.64 Å². The van der Waals surface area contributed by atoms with Gasteiger partial charge in [0.1, 0.15) is 11.3 Å². The lowest BCUT2D eigenvalue weighted by Crippen LogP contribution is -2.65. The number of nitrogens with two attached hydrogens (primary N) is 1.